The van der Waals surface area contributed by atoms with Gasteiger partial charge in [-0.15, -0.1) is 0 Å². The molecule has 2 aliphatic heterocycles. The number of aromatic amines is 1. The van der Waals surface area contributed by atoms with Crippen molar-refractivity contribution in [2.75, 3.05) is 0 Å². The maximum Gasteiger partial charge on any atom is 0.137 e. The number of aromatic nitrogens is 2. The third-order valence-electron chi connectivity index (χ3n) is 4.81. The van der Waals surface area contributed by atoms with Gasteiger partial charge in [-0.25, -0.2) is 4.98 Å². The van der Waals surface area contributed by atoms with Crippen molar-refractivity contribution in [2.24, 2.45) is 5.73 Å². The Bertz CT molecular complexity index is 577. The van der Waals surface area contributed by atoms with Crippen LogP contribution in [-0.2, 0) is 6.54 Å². The number of H-pyrrole nitrogens is 1. The van der Waals surface area contributed by atoms with E-state index in [1.807, 2.05) is 12.3 Å². The van der Waals surface area contributed by atoms with Gasteiger partial charge in [-0.1, -0.05) is 0 Å². The van der Waals surface area contributed by atoms with Crippen molar-refractivity contribution in [3.05, 3.63) is 30.1 Å². The Morgan fingerprint density at radius 2 is 2.11 bits per heavy atom. The topological polar surface area (TPSA) is 57.9 Å². The van der Waals surface area contributed by atoms with E-state index in [0.717, 1.165) is 25.0 Å². The van der Waals surface area contributed by atoms with Crippen LogP contribution in [0.1, 0.15) is 31.2 Å². The van der Waals surface area contributed by atoms with Crippen LogP contribution in [-0.4, -0.2) is 33.0 Å². The zero-order valence-corrected chi connectivity index (χ0v) is 11.0. The molecule has 0 spiro atoms. The van der Waals surface area contributed by atoms with Crippen LogP contribution >= 0.6 is 0 Å². The highest BCUT2D eigenvalue weighted by molar-refractivity contribution is 5.79. The van der Waals surface area contributed by atoms with E-state index in [-0.39, 0.29) is 0 Å². The Balaban J connectivity index is 1.62. The number of nitrogens with zero attached hydrogens (tertiary/aromatic N) is 2. The van der Waals surface area contributed by atoms with Crippen LogP contribution in [0.4, 0.5) is 0 Å². The van der Waals surface area contributed by atoms with Gasteiger partial charge in [0.05, 0.1) is 0 Å². The minimum absolute atomic E-state index is 0.415. The van der Waals surface area contributed by atoms with Crippen LogP contribution in [0.25, 0.3) is 11.0 Å². The van der Waals surface area contributed by atoms with E-state index in [9.17, 15) is 0 Å². The number of nitrogens with one attached hydrogen (secondary N) is 1. The van der Waals surface area contributed by atoms with Crippen LogP contribution in [0.3, 0.4) is 0 Å². The second-order valence-corrected chi connectivity index (χ2v) is 6.00. The van der Waals surface area contributed by atoms with Crippen molar-refractivity contribution in [1.82, 2.24) is 14.9 Å². The maximum absolute atomic E-state index is 6.14. The van der Waals surface area contributed by atoms with E-state index in [0.29, 0.717) is 18.1 Å². The van der Waals surface area contributed by atoms with Gasteiger partial charge in [0, 0.05) is 42.5 Å². The molecule has 2 fully saturated rings. The van der Waals surface area contributed by atoms with Crippen LogP contribution in [0.5, 0.6) is 0 Å². The number of hydrogen-bond acceptors (Lipinski definition) is 3. The third-order valence-corrected chi connectivity index (χ3v) is 4.81. The molecule has 4 heteroatoms. The molecule has 4 heterocycles. The zero-order valence-electron chi connectivity index (χ0n) is 11.0. The summed E-state index contributed by atoms with van der Waals surface area (Å²) in [5, 5.41) is 1.26. The molecule has 100 valence electrons. The lowest BCUT2D eigenvalue weighted by Crippen LogP contribution is -2.46. The minimum atomic E-state index is 0.415. The highest BCUT2D eigenvalue weighted by Gasteiger charge is 2.39. The molecule has 2 bridgehead atoms. The number of nitrogens with two attached hydrogens (primary N) is 1. The normalized spacial score (nSPS) is 31.1. The van der Waals surface area contributed by atoms with Crippen LogP contribution in [0, 0.1) is 0 Å². The summed E-state index contributed by atoms with van der Waals surface area (Å²) in [6, 6.07) is 5.97. The molecule has 0 aliphatic carbocycles. The summed E-state index contributed by atoms with van der Waals surface area (Å²) in [7, 11) is 0. The van der Waals surface area contributed by atoms with E-state index in [4.69, 9.17) is 5.73 Å². The standard InChI is InChI=1S/C15H20N4/c16-11-6-12-3-4-13(7-11)19(12)9-10-8-18-15-14(10)2-1-5-17-15/h1-2,5,8,11-13H,3-4,6-7,9,16H2,(H,17,18). The molecule has 4 rings (SSSR count). The fraction of sp³-hybridized carbons (Fsp3) is 0.533. The molecule has 2 aliphatic rings. The van der Waals surface area contributed by atoms with Crippen molar-refractivity contribution in [1.29, 1.82) is 0 Å². The van der Waals surface area contributed by atoms with Crippen LogP contribution in [0.15, 0.2) is 24.5 Å². The number of piperidine rings is 1. The summed E-state index contributed by atoms with van der Waals surface area (Å²) >= 11 is 0. The molecule has 19 heavy (non-hydrogen) atoms. The Morgan fingerprint density at radius 3 is 2.89 bits per heavy atom. The van der Waals surface area contributed by atoms with Crippen LogP contribution in [0.2, 0.25) is 0 Å². The highest BCUT2D eigenvalue weighted by atomic mass is 15.2. The second kappa shape index (κ2) is 4.32. The molecule has 2 unspecified atom stereocenters. The number of rotatable bonds is 2. The average molecular weight is 256 g/mol. The Hall–Kier alpha value is -1.39. The van der Waals surface area contributed by atoms with Gasteiger partial charge in [0.25, 0.3) is 0 Å². The van der Waals surface area contributed by atoms with Gasteiger partial charge in [0.2, 0.25) is 0 Å². The van der Waals surface area contributed by atoms with Crippen molar-refractivity contribution in [2.45, 2.75) is 50.4 Å². The summed E-state index contributed by atoms with van der Waals surface area (Å²) in [6.07, 6.45) is 8.92. The van der Waals surface area contributed by atoms with E-state index in [1.54, 1.807) is 0 Å². The molecule has 2 saturated heterocycles. The lowest BCUT2D eigenvalue weighted by atomic mass is 9.97. The fourth-order valence-corrected chi connectivity index (χ4v) is 3.91. The second-order valence-electron chi connectivity index (χ2n) is 6.00. The third kappa shape index (κ3) is 1.86. The Morgan fingerprint density at radius 1 is 1.32 bits per heavy atom. The van der Waals surface area contributed by atoms with Gasteiger partial charge in [0.1, 0.15) is 5.65 Å². The van der Waals surface area contributed by atoms with Gasteiger partial charge < -0.3 is 10.7 Å². The summed E-state index contributed by atoms with van der Waals surface area (Å²) in [4.78, 5) is 10.3. The van der Waals surface area contributed by atoms with Crippen molar-refractivity contribution in [3.8, 4) is 0 Å². The molecule has 2 aromatic heterocycles. The summed E-state index contributed by atoms with van der Waals surface area (Å²) < 4.78 is 0. The Labute approximate surface area is 113 Å². The summed E-state index contributed by atoms with van der Waals surface area (Å²) in [6.45, 7) is 1.04. The molecule has 0 amide bonds. The van der Waals surface area contributed by atoms with Gasteiger partial charge in [-0.3, -0.25) is 4.90 Å². The predicted molar refractivity (Wildman–Crippen MR) is 75.7 cm³/mol. The molecule has 2 atom stereocenters. The predicted octanol–water partition coefficient (Wildman–Crippen LogP) is 2.02. The number of fused-ring (bicyclic) bond motifs is 3. The molecule has 0 saturated carbocycles. The molecule has 4 nitrogen and oxygen atoms in total. The first-order valence-corrected chi connectivity index (χ1v) is 7.23. The first-order valence-electron chi connectivity index (χ1n) is 7.23. The Kier molecular flexibility index (Phi) is 2.60. The first kappa shape index (κ1) is 11.4. The van der Waals surface area contributed by atoms with Gasteiger partial charge >= 0.3 is 0 Å². The maximum atomic E-state index is 6.14. The van der Waals surface area contributed by atoms with E-state index in [1.165, 1.54) is 23.8 Å². The van der Waals surface area contributed by atoms with Gasteiger partial charge in [0.15, 0.2) is 0 Å². The van der Waals surface area contributed by atoms with Gasteiger partial charge in [-0.05, 0) is 43.4 Å². The summed E-state index contributed by atoms with van der Waals surface area (Å²) in [5.41, 5.74) is 8.51. The van der Waals surface area contributed by atoms with Crippen molar-refractivity contribution >= 4 is 11.0 Å². The molecule has 3 N–H and O–H groups in total. The largest absolute Gasteiger partial charge is 0.346 e. The SMILES string of the molecule is NC1CC2CCC(C1)N2Cc1c[nH]c2ncccc12. The molecule has 0 radical (unpaired) electrons. The van der Waals surface area contributed by atoms with Crippen molar-refractivity contribution in [3.63, 3.8) is 0 Å². The highest BCUT2D eigenvalue weighted by Crippen LogP contribution is 2.36. The minimum Gasteiger partial charge on any atom is -0.346 e. The molecular formula is C15H20N4. The first-order chi connectivity index (χ1) is 9.31. The van der Waals surface area contributed by atoms with E-state index >= 15 is 0 Å². The van der Waals surface area contributed by atoms with Gasteiger partial charge in [-0.2, -0.15) is 0 Å². The number of hydrogen-bond donors (Lipinski definition) is 2. The summed E-state index contributed by atoms with van der Waals surface area (Å²) in [5.74, 6) is 0. The van der Waals surface area contributed by atoms with Crippen LogP contribution < -0.4 is 5.73 Å². The average Bonchev–Trinajstić information content (AvgIpc) is 2.92. The van der Waals surface area contributed by atoms with Crippen molar-refractivity contribution < 1.29 is 0 Å². The van der Waals surface area contributed by atoms with E-state index in [2.05, 4.69) is 27.1 Å². The lowest BCUT2D eigenvalue weighted by Gasteiger charge is -2.37. The quantitative estimate of drug-likeness (QED) is 0.864. The fourth-order valence-electron chi connectivity index (χ4n) is 3.91. The molecular weight excluding hydrogens is 236 g/mol. The molecule has 0 aromatic carbocycles. The zero-order chi connectivity index (χ0) is 12.8. The lowest BCUT2D eigenvalue weighted by molar-refractivity contribution is 0.120. The number of pyridine rings is 1. The monoisotopic (exact) mass is 256 g/mol. The molecule has 2 aromatic rings. The smallest absolute Gasteiger partial charge is 0.137 e. The van der Waals surface area contributed by atoms with E-state index < -0.39 is 0 Å².